The van der Waals surface area contributed by atoms with Crippen molar-refractivity contribution in [3.05, 3.63) is 16.1 Å². The fourth-order valence-electron chi connectivity index (χ4n) is 1.21. The Morgan fingerprint density at radius 1 is 1.41 bits per heavy atom. The van der Waals surface area contributed by atoms with Gasteiger partial charge in [-0.1, -0.05) is 6.92 Å². The summed E-state index contributed by atoms with van der Waals surface area (Å²) in [5.41, 5.74) is 0. The second-order valence-corrected chi connectivity index (χ2v) is 4.81. The molecule has 98 valence electrons. The summed E-state index contributed by atoms with van der Waals surface area (Å²) in [6.45, 7) is 8.75. The van der Waals surface area contributed by atoms with Gasteiger partial charge in [0.05, 0.1) is 6.54 Å². The minimum atomic E-state index is 0. The highest BCUT2D eigenvalue weighted by molar-refractivity contribution is 14.0. The van der Waals surface area contributed by atoms with E-state index < -0.39 is 0 Å². The van der Waals surface area contributed by atoms with Gasteiger partial charge >= 0.3 is 0 Å². The molecule has 0 spiro atoms. The van der Waals surface area contributed by atoms with Gasteiger partial charge in [0, 0.05) is 24.2 Å². The Morgan fingerprint density at radius 2 is 2.18 bits per heavy atom. The molecule has 0 fully saturated rings. The first-order valence-electron chi connectivity index (χ1n) is 5.69. The lowest BCUT2D eigenvalue weighted by Gasteiger charge is -2.09. The molecule has 4 nitrogen and oxygen atoms in total. The van der Waals surface area contributed by atoms with Crippen LogP contribution in [-0.4, -0.2) is 24.0 Å². The number of hydrogen-bond donors (Lipinski definition) is 2. The molecule has 0 aromatic carbocycles. The molecule has 0 amide bonds. The van der Waals surface area contributed by atoms with Crippen molar-refractivity contribution >= 4 is 41.3 Å². The number of aromatic nitrogens is 1. The van der Waals surface area contributed by atoms with Crippen LogP contribution in [0.2, 0.25) is 0 Å². The van der Waals surface area contributed by atoms with E-state index in [0.29, 0.717) is 6.54 Å². The molecule has 0 unspecified atom stereocenters. The predicted octanol–water partition coefficient (Wildman–Crippen LogP) is 2.53. The number of halogens is 1. The number of rotatable bonds is 5. The summed E-state index contributed by atoms with van der Waals surface area (Å²) in [4.78, 5) is 9.99. The minimum Gasteiger partial charge on any atom is -0.357 e. The van der Waals surface area contributed by atoms with Gasteiger partial charge in [-0.3, -0.25) is 0 Å². The molecule has 1 heterocycles. The third kappa shape index (κ3) is 6.82. The third-order valence-corrected chi connectivity index (χ3v) is 2.83. The highest BCUT2D eigenvalue weighted by atomic mass is 127. The Labute approximate surface area is 124 Å². The topological polar surface area (TPSA) is 49.3 Å². The van der Waals surface area contributed by atoms with Crippen molar-refractivity contribution in [2.24, 2.45) is 4.99 Å². The second-order valence-electron chi connectivity index (χ2n) is 3.49. The van der Waals surface area contributed by atoms with Crippen LogP contribution in [0.15, 0.2) is 11.2 Å². The van der Waals surface area contributed by atoms with Crippen LogP contribution in [0.3, 0.4) is 0 Å². The van der Waals surface area contributed by atoms with Gasteiger partial charge in [0.2, 0.25) is 0 Å². The third-order valence-electron chi connectivity index (χ3n) is 1.93. The molecule has 0 aliphatic heterocycles. The SMILES string of the molecule is CCCNC(=NCc1ncc(C)s1)NCC.I. The number of nitrogens with one attached hydrogen (secondary N) is 2. The van der Waals surface area contributed by atoms with Crippen molar-refractivity contribution in [2.75, 3.05) is 13.1 Å². The van der Waals surface area contributed by atoms with Gasteiger partial charge in [0.25, 0.3) is 0 Å². The van der Waals surface area contributed by atoms with Crippen LogP contribution in [0.5, 0.6) is 0 Å². The number of nitrogens with zero attached hydrogens (tertiary/aromatic N) is 2. The molecule has 1 rings (SSSR count). The Balaban J connectivity index is 0.00000256. The summed E-state index contributed by atoms with van der Waals surface area (Å²) in [6.07, 6.45) is 2.99. The molecular weight excluding hydrogens is 347 g/mol. The molecule has 0 radical (unpaired) electrons. The summed E-state index contributed by atoms with van der Waals surface area (Å²) in [5, 5.41) is 7.53. The van der Waals surface area contributed by atoms with E-state index in [4.69, 9.17) is 0 Å². The number of hydrogen-bond acceptors (Lipinski definition) is 3. The van der Waals surface area contributed by atoms with Crippen molar-refractivity contribution in [3.8, 4) is 0 Å². The quantitative estimate of drug-likeness (QED) is 0.477. The Kier molecular flexibility index (Phi) is 9.43. The average Bonchev–Trinajstić information content (AvgIpc) is 2.68. The molecule has 0 saturated carbocycles. The van der Waals surface area contributed by atoms with Crippen molar-refractivity contribution in [1.82, 2.24) is 15.6 Å². The van der Waals surface area contributed by atoms with Crippen LogP contribution in [0, 0.1) is 6.92 Å². The number of guanidine groups is 1. The lowest BCUT2D eigenvalue weighted by Crippen LogP contribution is -2.37. The van der Waals surface area contributed by atoms with E-state index in [1.807, 2.05) is 6.20 Å². The van der Waals surface area contributed by atoms with E-state index in [-0.39, 0.29) is 24.0 Å². The molecule has 0 aliphatic rings. The summed E-state index contributed by atoms with van der Waals surface area (Å²) in [7, 11) is 0. The lowest BCUT2D eigenvalue weighted by molar-refractivity contribution is 0.785. The fourth-order valence-corrected chi connectivity index (χ4v) is 1.92. The maximum Gasteiger partial charge on any atom is 0.191 e. The highest BCUT2D eigenvalue weighted by Gasteiger charge is 1.99. The largest absolute Gasteiger partial charge is 0.357 e. The molecule has 17 heavy (non-hydrogen) atoms. The molecule has 1 aromatic rings. The summed E-state index contributed by atoms with van der Waals surface area (Å²) < 4.78 is 0. The van der Waals surface area contributed by atoms with E-state index >= 15 is 0 Å². The van der Waals surface area contributed by atoms with Gasteiger partial charge < -0.3 is 10.6 Å². The molecule has 6 heteroatoms. The Morgan fingerprint density at radius 3 is 2.71 bits per heavy atom. The van der Waals surface area contributed by atoms with E-state index in [2.05, 4.69) is 41.4 Å². The summed E-state index contributed by atoms with van der Waals surface area (Å²) in [5.74, 6) is 0.872. The molecule has 0 saturated heterocycles. The smallest absolute Gasteiger partial charge is 0.191 e. The van der Waals surface area contributed by atoms with Crippen molar-refractivity contribution < 1.29 is 0 Å². The second kappa shape index (κ2) is 9.64. The van der Waals surface area contributed by atoms with Crippen LogP contribution in [0.25, 0.3) is 0 Å². The van der Waals surface area contributed by atoms with Crippen molar-refractivity contribution in [3.63, 3.8) is 0 Å². The number of aryl methyl sites for hydroxylation is 1. The normalized spacial score (nSPS) is 10.9. The summed E-state index contributed by atoms with van der Waals surface area (Å²) in [6, 6.07) is 0. The van der Waals surface area contributed by atoms with E-state index in [1.54, 1.807) is 11.3 Å². The van der Waals surface area contributed by atoms with Gasteiger partial charge in [0.15, 0.2) is 5.96 Å². The first-order valence-corrected chi connectivity index (χ1v) is 6.51. The van der Waals surface area contributed by atoms with Gasteiger partial charge in [-0.15, -0.1) is 35.3 Å². The zero-order valence-electron chi connectivity index (χ0n) is 10.6. The minimum absolute atomic E-state index is 0. The van der Waals surface area contributed by atoms with Crippen molar-refractivity contribution in [2.45, 2.75) is 33.7 Å². The van der Waals surface area contributed by atoms with Crippen LogP contribution >= 0.6 is 35.3 Å². The number of thiazole rings is 1. The van der Waals surface area contributed by atoms with E-state index in [1.165, 1.54) is 4.88 Å². The van der Waals surface area contributed by atoms with Gasteiger partial charge in [-0.25, -0.2) is 9.98 Å². The highest BCUT2D eigenvalue weighted by Crippen LogP contribution is 2.11. The van der Waals surface area contributed by atoms with Crippen LogP contribution in [0.4, 0.5) is 0 Å². The maximum absolute atomic E-state index is 4.48. The Hall–Kier alpha value is -0.370. The average molecular weight is 368 g/mol. The van der Waals surface area contributed by atoms with Gasteiger partial charge in [-0.2, -0.15) is 0 Å². The number of aliphatic imine (C=N–C) groups is 1. The zero-order valence-corrected chi connectivity index (χ0v) is 13.8. The molecule has 1 aromatic heterocycles. The lowest BCUT2D eigenvalue weighted by atomic mass is 10.5. The van der Waals surface area contributed by atoms with E-state index in [0.717, 1.165) is 30.5 Å². The molecule has 0 aliphatic carbocycles. The zero-order chi connectivity index (χ0) is 11.8. The van der Waals surface area contributed by atoms with Crippen LogP contribution in [0.1, 0.15) is 30.2 Å². The first-order chi connectivity index (χ1) is 7.76. The summed E-state index contributed by atoms with van der Waals surface area (Å²) >= 11 is 1.70. The standard InChI is InChI=1S/C11H20N4S.HI/c1-4-6-13-11(12-5-2)15-8-10-14-7-9(3)16-10;/h7H,4-6,8H2,1-3H3,(H2,12,13,15);1H. The van der Waals surface area contributed by atoms with Crippen LogP contribution in [-0.2, 0) is 6.54 Å². The van der Waals surface area contributed by atoms with Gasteiger partial charge in [-0.05, 0) is 20.3 Å². The van der Waals surface area contributed by atoms with Crippen LogP contribution < -0.4 is 10.6 Å². The molecular formula is C11H21IN4S. The van der Waals surface area contributed by atoms with Gasteiger partial charge in [0.1, 0.15) is 5.01 Å². The molecule has 0 bridgehead atoms. The Bertz CT molecular complexity index is 338. The van der Waals surface area contributed by atoms with E-state index in [9.17, 15) is 0 Å². The van der Waals surface area contributed by atoms with Crippen molar-refractivity contribution in [1.29, 1.82) is 0 Å². The fraction of sp³-hybridized carbons (Fsp3) is 0.636. The molecule has 2 N–H and O–H groups in total. The maximum atomic E-state index is 4.48. The first kappa shape index (κ1) is 16.6. The monoisotopic (exact) mass is 368 g/mol. The molecule has 0 atom stereocenters. The predicted molar refractivity (Wildman–Crippen MR) is 85.4 cm³/mol.